The van der Waals surface area contributed by atoms with Crippen LogP contribution in [0.4, 0.5) is 0 Å². The van der Waals surface area contributed by atoms with Crippen LogP contribution >= 0.6 is 0 Å². The van der Waals surface area contributed by atoms with Crippen LogP contribution in [0.5, 0.6) is 0 Å². The van der Waals surface area contributed by atoms with Gasteiger partial charge in [-0.2, -0.15) is 0 Å². The number of aromatic nitrogens is 2. The minimum absolute atomic E-state index is 0.832. The Labute approximate surface area is 119 Å². The molecule has 3 heterocycles. The minimum Gasteiger partial charge on any atom is -0.346 e. The number of hydrogen-bond donors (Lipinski definition) is 2. The maximum absolute atomic E-state index is 4.33. The highest BCUT2D eigenvalue weighted by molar-refractivity contribution is 5.79. The Kier molecular flexibility index (Phi) is 3.20. The maximum atomic E-state index is 4.33. The summed E-state index contributed by atoms with van der Waals surface area (Å²) < 4.78 is 0. The van der Waals surface area contributed by atoms with Gasteiger partial charge in [-0.25, -0.2) is 4.98 Å². The first-order chi connectivity index (χ1) is 9.90. The van der Waals surface area contributed by atoms with E-state index in [9.17, 15) is 0 Å². The molecule has 20 heavy (non-hydrogen) atoms. The second-order valence-corrected chi connectivity index (χ2v) is 6.23. The van der Waals surface area contributed by atoms with Gasteiger partial charge in [-0.15, -0.1) is 0 Å². The number of aromatic amines is 1. The lowest BCUT2D eigenvalue weighted by atomic mass is 10.1. The Bertz CT molecular complexity index is 587. The first-order valence-corrected chi connectivity index (χ1v) is 7.76. The molecule has 4 nitrogen and oxygen atoms in total. The van der Waals surface area contributed by atoms with Gasteiger partial charge in [0.2, 0.25) is 0 Å². The summed E-state index contributed by atoms with van der Waals surface area (Å²) in [6, 6.07) is 5.07. The Morgan fingerprint density at radius 1 is 1.35 bits per heavy atom. The van der Waals surface area contributed by atoms with Crippen molar-refractivity contribution in [2.24, 2.45) is 5.92 Å². The lowest BCUT2D eigenvalue weighted by Gasteiger charge is -2.15. The first kappa shape index (κ1) is 12.4. The van der Waals surface area contributed by atoms with Crippen molar-refractivity contribution >= 4 is 11.0 Å². The summed E-state index contributed by atoms with van der Waals surface area (Å²) in [6.45, 7) is 4.68. The quantitative estimate of drug-likeness (QED) is 0.875. The van der Waals surface area contributed by atoms with Gasteiger partial charge >= 0.3 is 0 Å². The number of nitrogens with one attached hydrogen (secondary N) is 2. The Morgan fingerprint density at radius 3 is 3.20 bits per heavy atom. The average Bonchev–Trinajstić information content (AvgIpc) is 3.09. The zero-order chi connectivity index (χ0) is 13.4. The Morgan fingerprint density at radius 2 is 2.30 bits per heavy atom. The molecule has 0 radical (unpaired) electrons. The van der Waals surface area contributed by atoms with Crippen molar-refractivity contribution in [1.29, 1.82) is 0 Å². The summed E-state index contributed by atoms with van der Waals surface area (Å²) in [6.07, 6.45) is 8.14. The van der Waals surface area contributed by atoms with E-state index >= 15 is 0 Å². The van der Waals surface area contributed by atoms with Crippen molar-refractivity contribution in [2.75, 3.05) is 19.6 Å². The van der Waals surface area contributed by atoms with E-state index in [1.807, 2.05) is 12.3 Å². The molecule has 1 saturated heterocycles. The second kappa shape index (κ2) is 5.19. The summed E-state index contributed by atoms with van der Waals surface area (Å²) in [4.78, 5) is 10.3. The number of pyridine rings is 1. The highest BCUT2D eigenvalue weighted by atomic mass is 15.2. The number of hydrogen-bond acceptors (Lipinski definition) is 3. The van der Waals surface area contributed by atoms with Crippen LogP contribution in [0.2, 0.25) is 0 Å². The SMILES string of the molecule is c1cnc2[nH]cc(CNCC3CCN(C4CC4)C3)c2c1. The molecule has 1 unspecified atom stereocenters. The Balaban J connectivity index is 1.30. The predicted octanol–water partition coefficient (Wildman–Crippen LogP) is 2.14. The van der Waals surface area contributed by atoms with E-state index < -0.39 is 0 Å². The first-order valence-electron chi connectivity index (χ1n) is 7.76. The summed E-state index contributed by atoms with van der Waals surface area (Å²) in [5.74, 6) is 0.832. The van der Waals surface area contributed by atoms with Crippen molar-refractivity contribution in [3.8, 4) is 0 Å². The third-order valence-corrected chi connectivity index (χ3v) is 4.67. The van der Waals surface area contributed by atoms with Gasteiger partial charge in [-0.3, -0.25) is 0 Å². The third kappa shape index (κ3) is 2.45. The van der Waals surface area contributed by atoms with Gasteiger partial charge in [0, 0.05) is 36.9 Å². The van der Waals surface area contributed by atoms with E-state index in [2.05, 4.69) is 32.4 Å². The molecule has 2 aliphatic rings. The van der Waals surface area contributed by atoms with E-state index in [-0.39, 0.29) is 0 Å². The molecule has 0 amide bonds. The van der Waals surface area contributed by atoms with Gasteiger partial charge in [-0.1, -0.05) is 0 Å². The van der Waals surface area contributed by atoms with Gasteiger partial charge in [-0.05, 0) is 56.0 Å². The van der Waals surface area contributed by atoms with Gasteiger partial charge < -0.3 is 15.2 Å². The van der Waals surface area contributed by atoms with Crippen LogP contribution in [0, 0.1) is 5.92 Å². The molecule has 0 bridgehead atoms. The summed E-state index contributed by atoms with van der Waals surface area (Å²) in [7, 11) is 0. The van der Waals surface area contributed by atoms with Crippen molar-refractivity contribution in [3.05, 3.63) is 30.1 Å². The molecule has 2 N–H and O–H groups in total. The molecule has 0 spiro atoms. The number of H-pyrrole nitrogens is 1. The van der Waals surface area contributed by atoms with Gasteiger partial charge in [0.15, 0.2) is 0 Å². The standard InChI is InChI=1S/C16H22N4/c1-2-15-13(10-19-16(15)18-6-1)9-17-8-12-5-7-20(11-12)14-3-4-14/h1-2,6,10,12,14,17H,3-5,7-9,11H2,(H,18,19). The van der Waals surface area contributed by atoms with E-state index in [0.29, 0.717) is 0 Å². The molecule has 1 atom stereocenters. The highest BCUT2D eigenvalue weighted by Gasteiger charge is 2.33. The fourth-order valence-electron chi connectivity index (χ4n) is 3.37. The smallest absolute Gasteiger partial charge is 0.137 e. The highest BCUT2D eigenvalue weighted by Crippen LogP contribution is 2.31. The van der Waals surface area contributed by atoms with E-state index in [1.165, 1.54) is 43.3 Å². The third-order valence-electron chi connectivity index (χ3n) is 4.67. The number of likely N-dealkylation sites (tertiary alicyclic amines) is 1. The fourth-order valence-corrected chi connectivity index (χ4v) is 3.37. The topological polar surface area (TPSA) is 44.0 Å². The summed E-state index contributed by atoms with van der Waals surface area (Å²) in [5.41, 5.74) is 2.32. The molecule has 0 aromatic carbocycles. The molecule has 1 saturated carbocycles. The molecule has 2 aromatic heterocycles. The van der Waals surface area contributed by atoms with Crippen LogP contribution < -0.4 is 5.32 Å². The lowest BCUT2D eigenvalue weighted by molar-refractivity contribution is 0.312. The number of fused-ring (bicyclic) bond motifs is 1. The Hall–Kier alpha value is -1.39. The van der Waals surface area contributed by atoms with Crippen molar-refractivity contribution < 1.29 is 0 Å². The molecule has 1 aliphatic carbocycles. The molecule has 4 rings (SSSR count). The van der Waals surface area contributed by atoms with Crippen LogP contribution in [-0.4, -0.2) is 40.5 Å². The van der Waals surface area contributed by atoms with Gasteiger partial charge in [0.1, 0.15) is 5.65 Å². The average molecular weight is 270 g/mol. The molecule has 2 fully saturated rings. The molecule has 1 aliphatic heterocycles. The van der Waals surface area contributed by atoms with E-state index in [0.717, 1.165) is 30.7 Å². The molecule has 106 valence electrons. The fraction of sp³-hybridized carbons (Fsp3) is 0.562. The van der Waals surface area contributed by atoms with Crippen LogP contribution in [-0.2, 0) is 6.54 Å². The lowest BCUT2D eigenvalue weighted by Crippen LogP contribution is -2.27. The van der Waals surface area contributed by atoms with Gasteiger partial charge in [0.05, 0.1) is 0 Å². The maximum Gasteiger partial charge on any atom is 0.137 e. The minimum atomic E-state index is 0.832. The summed E-state index contributed by atoms with van der Waals surface area (Å²) in [5, 5.41) is 4.87. The second-order valence-electron chi connectivity index (χ2n) is 6.23. The van der Waals surface area contributed by atoms with Crippen LogP contribution in [0.15, 0.2) is 24.5 Å². The number of rotatable bonds is 5. The van der Waals surface area contributed by atoms with Gasteiger partial charge in [0.25, 0.3) is 0 Å². The zero-order valence-corrected chi connectivity index (χ0v) is 11.8. The van der Waals surface area contributed by atoms with E-state index in [1.54, 1.807) is 0 Å². The van der Waals surface area contributed by atoms with Crippen LogP contribution in [0.3, 0.4) is 0 Å². The van der Waals surface area contributed by atoms with Crippen molar-refractivity contribution in [3.63, 3.8) is 0 Å². The normalized spacial score (nSPS) is 23.7. The summed E-state index contributed by atoms with van der Waals surface area (Å²) >= 11 is 0. The molecular formula is C16H22N4. The molecular weight excluding hydrogens is 248 g/mol. The van der Waals surface area contributed by atoms with E-state index in [4.69, 9.17) is 0 Å². The largest absolute Gasteiger partial charge is 0.346 e. The monoisotopic (exact) mass is 270 g/mol. The molecule has 2 aromatic rings. The predicted molar refractivity (Wildman–Crippen MR) is 80.5 cm³/mol. The number of nitrogens with zero attached hydrogens (tertiary/aromatic N) is 2. The van der Waals surface area contributed by atoms with Crippen LogP contribution in [0.1, 0.15) is 24.8 Å². The van der Waals surface area contributed by atoms with Crippen molar-refractivity contribution in [1.82, 2.24) is 20.2 Å². The van der Waals surface area contributed by atoms with Crippen LogP contribution in [0.25, 0.3) is 11.0 Å². The molecule has 4 heteroatoms. The zero-order valence-electron chi connectivity index (χ0n) is 11.8. The van der Waals surface area contributed by atoms with Crippen molar-refractivity contribution in [2.45, 2.75) is 31.8 Å².